The number of nitrogens with one attached hydrogen (secondary N) is 1. The molecule has 1 amide bonds. The minimum Gasteiger partial charge on any atom is -0.367 e. The summed E-state index contributed by atoms with van der Waals surface area (Å²) in [5.41, 5.74) is 2.26. The Morgan fingerprint density at radius 1 is 1.02 bits per heavy atom. The quantitative estimate of drug-likeness (QED) is 0.225. The van der Waals surface area contributed by atoms with Crippen molar-refractivity contribution in [1.82, 2.24) is 24.6 Å². The van der Waals surface area contributed by atoms with Crippen molar-refractivity contribution in [2.75, 3.05) is 23.3 Å². The highest BCUT2D eigenvalue weighted by atomic mass is 19.4. The summed E-state index contributed by atoms with van der Waals surface area (Å²) in [6.45, 7) is 3.91. The Morgan fingerprint density at radius 3 is 2.54 bits per heavy atom. The van der Waals surface area contributed by atoms with Crippen LogP contribution in [0.5, 0.6) is 0 Å². The number of carbonyl (C=O) groups excluding carboxylic acids is 1. The number of rotatable bonds is 7. The number of aromatic nitrogens is 4. The van der Waals surface area contributed by atoms with E-state index in [0.717, 1.165) is 57.2 Å². The highest BCUT2D eigenvalue weighted by Crippen LogP contribution is 2.41. The first kappa shape index (κ1) is 31.8. The number of carbonyl (C=O) groups is 1. The number of nitriles is 1. The molecule has 1 N–H and O–H groups in total. The molecule has 1 saturated heterocycles. The predicted octanol–water partition coefficient (Wildman–Crippen LogP) is 7.18. The van der Waals surface area contributed by atoms with E-state index in [-0.39, 0.29) is 29.5 Å². The molecule has 9 nitrogen and oxygen atoms in total. The van der Waals surface area contributed by atoms with Crippen molar-refractivity contribution < 1.29 is 18.0 Å². The Morgan fingerprint density at radius 2 is 1.83 bits per heavy atom. The van der Waals surface area contributed by atoms with Crippen LogP contribution >= 0.6 is 0 Å². The molecule has 1 aliphatic carbocycles. The van der Waals surface area contributed by atoms with Crippen LogP contribution in [0.1, 0.15) is 78.1 Å². The van der Waals surface area contributed by atoms with Gasteiger partial charge in [0.15, 0.2) is 5.82 Å². The summed E-state index contributed by atoms with van der Waals surface area (Å²) >= 11 is 0. The SMILES string of the molecule is C[C@H]1CCCN(Cc2cc3c(c(C(F)(F)F)c2)CN(c2cc(-c4ccc(C#N)cc4-c4nncn4C)cc(NC4CCCC4)n2)C3=O)C1. The van der Waals surface area contributed by atoms with Crippen LogP contribution in [0.4, 0.5) is 24.8 Å². The summed E-state index contributed by atoms with van der Waals surface area (Å²) in [4.78, 5) is 22.4. The minimum absolute atomic E-state index is 0.0288. The van der Waals surface area contributed by atoms with Gasteiger partial charge in [-0.05, 0) is 96.8 Å². The molecule has 0 spiro atoms. The molecule has 2 aromatic carbocycles. The molecule has 0 unspecified atom stereocenters. The van der Waals surface area contributed by atoms with Gasteiger partial charge in [-0.15, -0.1) is 10.2 Å². The lowest BCUT2D eigenvalue weighted by Crippen LogP contribution is -2.33. The summed E-state index contributed by atoms with van der Waals surface area (Å²) in [6.07, 6.45) is 3.19. The first-order valence-corrected chi connectivity index (χ1v) is 16.5. The fraction of sp³-hybridized carbons (Fsp3) is 0.417. The number of anilines is 2. The second-order valence-electron chi connectivity index (χ2n) is 13.4. The number of fused-ring (bicyclic) bond motifs is 1. The lowest BCUT2D eigenvalue weighted by Gasteiger charge is -2.31. The molecule has 2 aliphatic heterocycles. The fourth-order valence-electron chi connectivity index (χ4n) is 7.43. The lowest BCUT2D eigenvalue weighted by atomic mass is 9.96. The topological polar surface area (TPSA) is 103 Å². The number of hydrogen-bond acceptors (Lipinski definition) is 7. The van der Waals surface area contributed by atoms with Crippen molar-refractivity contribution in [1.29, 1.82) is 5.26 Å². The third-order valence-electron chi connectivity index (χ3n) is 9.76. The van der Waals surface area contributed by atoms with E-state index in [9.17, 15) is 23.2 Å². The average Bonchev–Trinajstić information content (AvgIpc) is 3.81. The molecule has 0 radical (unpaired) electrons. The number of hydrogen-bond donors (Lipinski definition) is 1. The summed E-state index contributed by atoms with van der Waals surface area (Å²) < 4.78 is 45.4. The maximum atomic E-state index is 14.6. The van der Waals surface area contributed by atoms with Crippen molar-refractivity contribution in [3.05, 3.63) is 76.6 Å². The summed E-state index contributed by atoms with van der Waals surface area (Å²) in [5, 5.41) is 21.5. The Hall–Kier alpha value is -4.76. The van der Waals surface area contributed by atoms with E-state index in [0.29, 0.717) is 46.4 Å². The van der Waals surface area contributed by atoms with Gasteiger partial charge in [0, 0.05) is 37.3 Å². The fourth-order valence-corrected chi connectivity index (χ4v) is 7.43. The number of alkyl halides is 3. The Kier molecular flexibility index (Phi) is 8.41. The molecule has 1 atom stereocenters. The molecule has 4 heterocycles. The maximum absolute atomic E-state index is 14.6. The van der Waals surface area contributed by atoms with Gasteiger partial charge in [-0.2, -0.15) is 18.4 Å². The van der Waals surface area contributed by atoms with Crippen molar-refractivity contribution >= 4 is 17.5 Å². The zero-order chi connectivity index (χ0) is 33.6. The zero-order valence-corrected chi connectivity index (χ0v) is 27.0. The monoisotopic (exact) mass is 654 g/mol. The van der Waals surface area contributed by atoms with Crippen LogP contribution in [0.3, 0.4) is 0 Å². The van der Waals surface area contributed by atoms with Crippen molar-refractivity contribution in [3.8, 4) is 28.6 Å². The molecule has 7 rings (SSSR count). The van der Waals surface area contributed by atoms with E-state index in [4.69, 9.17) is 4.98 Å². The molecule has 1 saturated carbocycles. The van der Waals surface area contributed by atoms with Gasteiger partial charge in [0.1, 0.15) is 18.0 Å². The van der Waals surface area contributed by atoms with E-state index < -0.39 is 17.6 Å². The molecule has 12 heteroatoms. The zero-order valence-electron chi connectivity index (χ0n) is 27.0. The number of nitrogens with zero attached hydrogens (tertiary/aromatic N) is 7. The number of piperidine rings is 1. The highest BCUT2D eigenvalue weighted by Gasteiger charge is 2.41. The molecule has 3 aliphatic rings. The second-order valence-corrected chi connectivity index (χ2v) is 13.4. The van der Waals surface area contributed by atoms with Crippen molar-refractivity contribution in [2.24, 2.45) is 13.0 Å². The molecule has 4 aromatic rings. The smallest absolute Gasteiger partial charge is 0.367 e. The van der Waals surface area contributed by atoms with E-state index in [1.807, 2.05) is 19.2 Å². The van der Waals surface area contributed by atoms with E-state index >= 15 is 0 Å². The van der Waals surface area contributed by atoms with Gasteiger partial charge < -0.3 is 9.88 Å². The first-order chi connectivity index (χ1) is 23.1. The normalized spacial score (nSPS) is 18.7. The number of benzene rings is 2. The molecule has 0 bridgehead atoms. The van der Waals surface area contributed by atoms with Crippen molar-refractivity contribution in [3.63, 3.8) is 0 Å². The van der Waals surface area contributed by atoms with Crippen molar-refractivity contribution in [2.45, 2.75) is 70.8 Å². The molecule has 248 valence electrons. The highest BCUT2D eigenvalue weighted by molar-refractivity contribution is 6.10. The van der Waals surface area contributed by atoms with Crippen LogP contribution in [0.2, 0.25) is 0 Å². The third-order valence-corrected chi connectivity index (χ3v) is 9.76. The number of pyridine rings is 1. The molecular weight excluding hydrogens is 617 g/mol. The molecule has 2 fully saturated rings. The van der Waals surface area contributed by atoms with Gasteiger partial charge >= 0.3 is 6.18 Å². The van der Waals surface area contributed by atoms with Crippen LogP contribution in [0.15, 0.2) is 48.8 Å². The van der Waals surface area contributed by atoms with Crippen LogP contribution in [-0.4, -0.2) is 49.7 Å². The van der Waals surface area contributed by atoms with Crippen LogP contribution in [0, 0.1) is 17.2 Å². The van der Waals surface area contributed by atoms with E-state index in [1.54, 1.807) is 35.2 Å². The second kappa shape index (κ2) is 12.7. The van der Waals surface area contributed by atoms with Crippen LogP contribution in [-0.2, 0) is 26.3 Å². The molecule has 48 heavy (non-hydrogen) atoms. The van der Waals surface area contributed by atoms with Gasteiger partial charge in [-0.3, -0.25) is 14.6 Å². The van der Waals surface area contributed by atoms with Gasteiger partial charge in [-0.25, -0.2) is 4.98 Å². The van der Waals surface area contributed by atoms with Crippen LogP contribution in [0.25, 0.3) is 22.5 Å². The number of aryl methyl sites for hydroxylation is 1. The standard InChI is InChI=1S/C36H37F3N8O/c1-22-6-5-11-46(18-22)19-24-13-29-30(31(14-24)36(37,38)39)20-47(35(29)48)33-16-25(15-32(43-33)42-26-7-3-4-8-26)27-10-9-23(17-40)12-28(27)34-44-41-21-45(34)2/h9-10,12-16,21-22,26H,3-8,11,18-20H2,1-2H3,(H,42,43)/t22-/m0/s1. The number of likely N-dealkylation sites (tertiary alicyclic amines) is 1. The number of amides is 1. The van der Waals surface area contributed by atoms with E-state index in [2.05, 4.69) is 33.4 Å². The molecular formula is C36H37F3N8O. The third kappa shape index (κ3) is 6.27. The van der Waals surface area contributed by atoms with E-state index in [1.165, 1.54) is 11.0 Å². The minimum atomic E-state index is -4.62. The summed E-state index contributed by atoms with van der Waals surface area (Å²) in [7, 11) is 1.81. The molecule has 2 aromatic heterocycles. The Bertz CT molecular complexity index is 1910. The summed E-state index contributed by atoms with van der Waals surface area (Å²) in [5.74, 6) is 1.29. The van der Waals surface area contributed by atoms with Gasteiger partial charge in [-0.1, -0.05) is 25.8 Å². The van der Waals surface area contributed by atoms with Crippen LogP contribution < -0.4 is 10.2 Å². The maximum Gasteiger partial charge on any atom is 0.416 e. The van der Waals surface area contributed by atoms with Gasteiger partial charge in [0.25, 0.3) is 5.91 Å². The largest absolute Gasteiger partial charge is 0.416 e. The van der Waals surface area contributed by atoms with Gasteiger partial charge in [0.2, 0.25) is 0 Å². The first-order valence-electron chi connectivity index (χ1n) is 16.5. The summed E-state index contributed by atoms with van der Waals surface area (Å²) in [6, 6.07) is 14.1. The van der Waals surface area contributed by atoms with Gasteiger partial charge in [0.05, 0.1) is 23.7 Å². The average molecular weight is 655 g/mol. The number of halogens is 3. The Balaban J connectivity index is 1.31. The predicted molar refractivity (Wildman–Crippen MR) is 176 cm³/mol. The Labute approximate surface area is 277 Å². The lowest BCUT2D eigenvalue weighted by molar-refractivity contribution is -0.138.